The fraction of sp³-hybridized carbons (Fsp3) is 0.500. The Labute approximate surface area is 190 Å². The average Bonchev–Trinajstić information content (AvgIpc) is 3.10. The molecule has 0 unspecified atom stereocenters. The van der Waals surface area contributed by atoms with E-state index in [2.05, 4.69) is 30.8 Å². The van der Waals surface area contributed by atoms with Crippen LogP contribution in [0, 0.1) is 0 Å². The van der Waals surface area contributed by atoms with Gasteiger partial charge in [0.15, 0.2) is 18.1 Å². The maximum atomic E-state index is 14.9. The second kappa shape index (κ2) is 8.11. The minimum atomic E-state index is -4.39. The molecule has 0 radical (unpaired) electrons. The molecule has 1 amide bonds. The van der Waals surface area contributed by atoms with Gasteiger partial charge < -0.3 is 20.1 Å². The van der Waals surface area contributed by atoms with Gasteiger partial charge in [0.25, 0.3) is 0 Å². The van der Waals surface area contributed by atoms with Crippen molar-refractivity contribution in [1.29, 1.82) is 0 Å². The molecule has 3 aromatic heterocycles. The van der Waals surface area contributed by atoms with E-state index >= 15 is 0 Å². The lowest BCUT2D eigenvalue weighted by molar-refractivity contribution is -0.127. The number of nitrogens with zero attached hydrogens (tertiary/aromatic N) is 4. The van der Waals surface area contributed by atoms with Crippen molar-refractivity contribution in [3.63, 3.8) is 0 Å². The van der Waals surface area contributed by atoms with Crippen LogP contribution >= 0.6 is 0 Å². The molecule has 34 heavy (non-hydrogen) atoms. The van der Waals surface area contributed by atoms with Crippen molar-refractivity contribution >= 4 is 23.5 Å². The van der Waals surface area contributed by atoms with Crippen LogP contribution in [0.15, 0.2) is 24.5 Å². The van der Waals surface area contributed by atoms with E-state index in [1.807, 2.05) is 6.92 Å². The monoisotopic (exact) mass is 483 g/mol. The van der Waals surface area contributed by atoms with Gasteiger partial charge >= 0.3 is 12.3 Å². The Balaban J connectivity index is 1.25. The first-order valence-electron chi connectivity index (χ1n) is 10.6. The average molecular weight is 483 g/mol. The van der Waals surface area contributed by atoms with Gasteiger partial charge in [-0.25, -0.2) is 19.2 Å². The number of imidazole rings is 1. The van der Waals surface area contributed by atoms with Crippen LogP contribution in [0.2, 0.25) is 0 Å². The summed E-state index contributed by atoms with van der Waals surface area (Å²) < 4.78 is 65.0. The van der Waals surface area contributed by atoms with Gasteiger partial charge in [0.1, 0.15) is 11.8 Å². The van der Waals surface area contributed by atoms with E-state index in [-0.39, 0.29) is 35.3 Å². The standard InChI is InChI=1S/C20H21F4N7O3/c1-19(3-4-19)28-18(32)34-12-9-33-16(15(12)21)11-6-13(30-29-11)27-17-25-5-2-14-26-10(8-31(14)17)7-20(22,23)24/h2,5-6,8,12,15-16H,3-4,7,9H2,1H3,(H,28,32)(H2,25,27,29,30)/t12-,15-,16-/m0/s1. The number of ether oxygens (including phenoxy) is 2. The van der Waals surface area contributed by atoms with Gasteiger partial charge in [-0.05, 0) is 25.8 Å². The van der Waals surface area contributed by atoms with Crippen LogP contribution in [0.4, 0.5) is 34.1 Å². The van der Waals surface area contributed by atoms with Crippen LogP contribution in [0.1, 0.15) is 37.3 Å². The number of fused-ring (bicyclic) bond motifs is 1. The molecule has 182 valence electrons. The van der Waals surface area contributed by atoms with Crippen LogP contribution in [-0.4, -0.2) is 61.3 Å². The Kier molecular flexibility index (Phi) is 5.34. The third-order valence-corrected chi connectivity index (χ3v) is 5.70. The molecule has 0 aromatic carbocycles. The molecule has 1 saturated carbocycles. The van der Waals surface area contributed by atoms with Crippen LogP contribution in [-0.2, 0) is 15.9 Å². The molecule has 2 fully saturated rings. The van der Waals surface area contributed by atoms with Crippen LogP contribution in [0.5, 0.6) is 0 Å². The van der Waals surface area contributed by atoms with Crippen molar-refractivity contribution in [2.45, 2.75) is 56.3 Å². The molecule has 1 aliphatic carbocycles. The molecule has 5 rings (SSSR count). The first-order valence-corrected chi connectivity index (χ1v) is 10.6. The Hall–Kier alpha value is -3.42. The van der Waals surface area contributed by atoms with Crippen molar-refractivity contribution in [1.82, 2.24) is 29.9 Å². The summed E-state index contributed by atoms with van der Waals surface area (Å²) in [7, 11) is 0. The van der Waals surface area contributed by atoms with Crippen LogP contribution < -0.4 is 10.6 Å². The number of rotatable bonds is 6. The van der Waals surface area contributed by atoms with Gasteiger partial charge in [-0.15, -0.1) is 0 Å². The fourth-order valence-electron chi connectivity index (χ4n) is 3.68. The van der Waals surface area contributed by atoms with Crippen molar-refractivity contribution in [3.8, 4) is 0 Å². The van der Waals surface area contributed by atoms with Crippen LogP contribution in [0.3, 0.4) is 0 Å². The summed E-state index contributed by atoms with van der Waals surface area (Å²) in [6, 6.07) is 2.96. The minimum absolute atomic E-state index is 0.115. The third kappa shape index (κ3) is 4.76. The van der Waals surface area contributed by atoms with Gasteiger partial charge in [0, 0.05) is 24.0 Å². The number of halogens is 4. The predicted molar refractivity (Wildman–Crippen MR) is 109 cm³/mol. The summed E-state index contributed by atoms with van der Waals surface area (Å²) in [4.78, 5) is 20.0. The number of anilines is 2. The lowest BCUT2D eigenvalue weighted by Crippen LogP contribution is -2.39. The number of aromatic amines is 1. The third-order valence-electron chi connectivity index (χ3n) is 5.70. The zero-order valence-electron chi connectivity index (χ0n) is 17.9. The minimum Gasteiger partial charge on any atom is -0.441 e. The lowest BCUT2D eigenvalue weighted by atomic mass is 10.1. The van der Waals surface area contributed by atoms with Crippen LogP contribution in [0.25, 0.3) is 5.65 Å². The molecule has 14 heteroatoms. The topological polar surface area (TPSA) is 118 Å². The largest absolute Gasteiger partial charge is 0.441 e. The second-order valence-corrected chi connectivity index (χ2v) is 8.68. The Morgan fingerprint density at radius 1 is 1.41 bits per heavy atom. The second-order valence-electron chi connectivity index (χ2n) is 8.68. The van der Waals surface area contributed by atoms with E-state index in [1.165, 1.54) is 28.9 Å². The Morgan fingerprint density at radius 2 is 2.21 bits per heavy atom. The van der Waals surface area contributed by atoms with Crippen molar-refractivity contribution < 1.29 is 31.8 Å². The van der Waals surface area contributed by atoms with Crippen molar-refractivity contribution in [3.05, 3.63) is 35.9 Å². The number of amides is 1. The summed E-state index contributed by atoms with van der Waals surface area (Å²) in [5, 5.41) is 12.3. The molecular formula is C20H21F4N7O3. The maximum Gasteiger partial charge on any atom is 0.408 e. The molecule has 4 heterocycles. The fourth-order valence-corrected chi connectivity index (χ4v) is 3.68. The maximum absolute atomic E-state index is 14.9. The molecule has 1 aliphatic heterocycles. The summed E-state index contributed by atoms with van der Waals surface area (Å²) in [6.45, 7) is 1.76. The van der Waals surface area contributed by atoms with E-state index in [0.29, 0.717) is 5.69 Å². The van der Waals surface area contributed by atoms with Gasteiger partial charge in [-0.2, -0.15) is 18.3 Å². The first-order chi connectivity index (χ1) is 16.1. The summed E-state index contributed by atoms with van der Waals surface area (Å²) >= 11 is 0. The number of alkyl carbamates (subject to hydrolysis) is 1. The van der Waals surface area contributed by atoms with E-state index in [4.69, 9.17) is 9.47 Å². The number of carbonyl (C=O) groups excluding carboxylic acids is 1. The highest BCUT2D eigenvalue weighted by molar-refractivity contribution is 5.69. The zero-order chi connectivity index (χ0) is 24.1. The molecule has 0 bridgehead atoms. The van der Waals surface area contributed by atoms with Gasteiger partial charge in [-0.3, -0.25) is 9.50 Å². The van der Waals surface area contributed by atoms with E-state index in [9.17, 15) is 22.4 Å². The van der Waals surface area contributed by atoms with E-state index in [1.54, 1.807) is 0 Å². The first kappa shape index (κ1) is 22.4. The molecule has 3 aromatic rings. The normalized spacial score (nSPS) is 23.7. The molecule has 2 aliphatic rings. The number of hydrogen-bond acceptors (Lipinski definition) is 7. The van der Waals surface area contributed by atoms with Crippen molar-refractivity contribution in [2.75, 3.05) is 11.9 Å². The molecule has 1 saturated heterocycles. The lowest BCUT2D eigenvalue weighted by Gasteiger charge is -2.17. The quantitative estimate of drug-likeness (QED) is 0.460. The van der Waals surface area contributed by atoms with Gasteiger partial charge in [0.05, 0.1) is 24.4 Å². The highest BCUT2D eigenvalue weighted by Crippen LogP contribution is 2.36. The Bertz CT molecular complexity index is 1210. The molecule has 0 spiro atoms. The molecule has 10 nitrogen and oxygen atoms in total. The number of carbonyl (C=O) groups is 1. The summed E-state index contributed by atoms with van der Waals surface area (Å²) in [6.07, 6.45) is -5.65. The van der Waals surface area contributed by atoms with Gasteiger partial charge in [-0.1, -0.05) is 0 Å². The molecular weight excluding hydrogens is 462 g/mol. The number of alkyl halides is 4. The smallest absolute Gasteiger partial charge is 0.408 e. The molecule has 3 N–H and O–H groups in total. The highest BCUT2D eigenvalue weighted by atomic mass is 19.4. The Morgan fingerprint density at radius 3 is 2.94 bits per heavy atom. The number of aromatic nitrogens is 5. The molecule has 3 atom stereocenters. The van der Waals surface area contributed by atoms with E-state index < -0.39 is 37.1 Å². The number of nitrogens with one attached hydrogen (secondary N) is 3. The zero-order valence-corrected chi connectivity index (χ0v) is 17.9. The summed E-state index contributed by atoms with van der Waals surface area (Å²) in [5.74, 6) is 0.410. The van der Waals surface area contributed by atoms with Crippen molar-refractivity contribution in [2.24, 2.45) is 0 Å². The van der Waals surface area contributed by atoms with Gasteiger partial charge in [0.2, 0.25) is 5.95 Å². The predicted octanol–water partition coefficient (Wildman–Crippen LogP) is 3.36. The summed E-state index contributed by atoms with van der Waals surface area (Å²) in [5.41, 5.74) is 0.127. The SMILES string of the molecule is CC1(NC(=O)O[C@H]2CO[C@@H](c3cc(Nc4nccc5nc(CC(F)(F)F)cn45)n[nH]3)[C@H]2F)CC1. The van der Waals surface area contributed by atoms with E-state index in [0.717, 1.165) is 12.8 Å². The number of H-pyrrole nitrogens is 1. The highest BCUT2D eigenvalue weighted by Gasteiger charge is 2.44. The number of hydrogen-bond donors (Lipinski definition) is 3.